The molecule has 6 heteroatoms. The molecule has 2 heterocycles. The van der Waals surface area contributed by atoms with Crippen molar-refractivity contribution in [1.82, 2.24) is 0 Å². The molecule has 0 N–H and O–H groups in total. The highest BCUT2D eigenvalue weighted by Gasteiger charge is 2.37. The minimum atomic E-state index is -4.45. The molecule has 1 saturated heterocycles. The van der Waals surface area contributed by atoms with Gasteiger partial charge in [0.2, 0.25) is 0 Å². The third kappa shape index (κ3) is 2.51. The van der Waals surface area contributed by atoms with Gasteiger partial charge < -0.3 is 0 Å². The first kappa shape index (κ1) is 14.3. The van der Waals surface area contributed by atoms with Crippen LogP contribution in [0.2, 0.25) is 0 Å². The van der Waals surface area contributed by atoms with E-state index in [2.05, 4.69) is 0 Å². The standard InChI is InChI=1S/C15H12F3NOS/c16-15(17,18)11-1-4-14(10(5-11)8-19)9-6-12-2-3-13(7-9)21(12)20/h1,4-6,12-13H,2-3,7H2. The first-order valence-electron chi connectivity index (χ1n) is 6.62. The van der Waals surface area contributed by atoms with E-state index in [1.54, 1.807) is 0 Å². The fourth-order valence-corrected chi connectivity index (χ4v) is 4.87. The molecule has 2 nitrogen and oxygen atoms in total. The van der Waals surface area contributed by atoms with Gasteiger partial charge in [0.15, 0.2) is 0 Å². The molecule has 2 aliphatic heterocycles. The fourth-order valence-electron chi connectivity index (χ4n) is 2.99. The van der Waals surface area contributed by atoms with E-state index in [0.717, 1.165) is 30.5 Å². The minimum Gasteiger partial charge on any atom is -0.259 e. The van der Waals surface area contributed by atoms with Crippen molar-refractivity contribution in [3.8, 4) is 6.07 Å². The SMILES string of the molecule is N#Cc1cc(C(F)(F)F)ccc1C1=CC2CCC(C1)S2=O. The molecule has 2 aliphatic rings. The Morgan fingerprint density at radius 2 is 2.05 bits per heavy atom. The van der Waals surface area contributed by atoms with E-state index in [1.807, 2.05) is 12.1 Å². The second-order valence-corrected chi connectivity index (χ2v) is 7.26. The highest BCUT2D eigenvalue weighted by atomic mass is 32.2. The molecule has 1 aromatic rings. The quantitative estimate of drug-likeness (QED) is 0.794. The van der Waals surface area contributed by atoms with Crippen LogP contribution in [0.4, 0.5) is 13.2 Å². The average Bonchev–Trinajstić information content (AvgIpc) is 2.66. The summed E-state index contributed by atoms with van der Waals surface area (Å²) in [6.45, 7) is 0. The van der Waals surface area contributed by atoms with E-state index in [0.29, 0.717) is 12.0 Å². The highest BCUT2D eigenvalue weighted by Crippen LogP contribution is 2.40. The molecule has 1 fully saturated rings. The predicted molar refractivity (Wildman–Crippen MR) is 73.7 cm³/mol. The summed E-state index contributed by atoms with van der Waals surface area (Å²) in [6.07, 6.45) is -0.277. The van der Waals surface area contributed by atoms with E-state index in [4.69, 9.17) is 5.26 Å². The topological polar surface area (TPSA) is 40.9 Å². The molecule has 3 rings (SSSR count). The van der Waals surface area contributed by atoms with Gasteiger partial charge in [0.05, 0.1) is 22.4 Å². The number of benzene rings is 1. The molecule has 110 valence electrons. The molecular weight excluding hydrogens is 299 g/mol. The van der Waals surface area contributed by atoms with Gasteiger partial charge in [0.25, 0.3) is 0 Å². The van der Waals surface area contributed by atoms with Gasteiger partial charge in [-0.3, -0.25) is 4.21 Å². The van der Waals surface area contributed by atoms with Crippen molar-refractivity contribution in [2.24, 2.45) is 0 Å². The summed E-state index contributed by atoms with van der Waals surface area (Å²) in [4.78, 5) is 0. The van der Waals surface area contributed by atoms with Crippen LogP contribution in [0.3, 0.4) is 0 Å². The molecule has 0 saturated carbocycles. The highest BCUT2D eigenvalue weighted by molar-refractivity contribution is 7.86. The number of fused-ring (bicyclic) bond motifs is 2. The number of alkyl halides is 3. The molecule has 21 heavy (non-hydrogen) atoms. The van der Waals surface area contributed by atoms with Gasteiger partial charge in [-0.05, 0) is 42.5 Å². The second kappa shape index (κ2) is 4.99. The molecule has 0 aromatic heterocycles. The van der Waals surface area contributed by atoms with Gasteiger partial charge in [0.1, 0.15) is 0 Å². The van der Waals surface area contributed by atoms with Crippen molar-refractivity contribution < 1.29 is 17.4 Å². The molecule has 0 radical (unpaired) electrons. The number of rotatable bonds is 1. The summed E-state index contributed by atoms with van der Waals surface area (Å²) in [5.41, 5.74) is 0.611. The van der Waals surface area contributed by atoms with Crippen LogP contribution in [0.25, 0.3) is 5.57 Å². The normalized spacial score (nSPS) is 28.1. The third-order valence-electron chi connectivity index (χ3n) is 4.05. The maximum absolute atomic E-state index is 12.7. The summed E-state index contributed by atoms with van der Waals surface area (Å²) < 4.78 is 50.1. The van der Waals surface area contributed by atoms with Crippen molar-refractivity contribution >= 4 is 16.4 Å². The van der Waals surface area contributed by atoms with Gasteiger partial charge in [-0.25, -0.2) is 0 Å². The molecule has 1 aromatic carbocycles. The van der Waals surface area contributed by atoms with Gasteiger partial charge in [-0.1, -0.05) is 12.1 Å². The number of nitriles is 1. The monoisotopic (exact) mass is 311 g/mol. The number of allylic oxidation sites excluding steroid dienone is 1. The first-order valence-corrected chi connectivity index (χ1v) is 7.89. The molecule has 0 amide bonds. The number of hydrogen-bond acceptors (Lipinski definition) is 2. The van der Waals surface area contributed by atoms with Crippen LogP contribution in [0, 0.1) is 11.3 Å². The molecule has 3 unspecified atom stereocenters. The van der Waals surface area contributed by atoms with Crippen molar-refractivity contribution in [3.05, 3.63) is 41.0 Å². The van der Waals surface area contributed by atoms with Gasteiger partial charge in [0, 0.05) is 16.0 Å². The van der Waals surface area contributed by atoms with Crippen LogP contribution in [-0.4, -0.2) is 14.7 Å². The minimum absolute atomic E-state index is 0.0208. The van der Waals surface area contributed by atoms with E-state index in [1.165, 1.54) is 6.07 Å². The van der Waals surface area contributed by atoms with Gasteiger partial charge >= 0.3 is 6.18 Å². The summed E-state index contributed by atoms with van der Waals surface area (Å²) >= 11 is 0. The lowest BCUT2D eigenvalue weighted by atomic mass is 9.94. The molecular formula is C15H12F3NOS. The van der Waals surface area contributed by atoms with Gasteiger partial charge in [-0.2, -0.15) is 18.4 Å². The lowest BCUT2D eigenvalue weighted by molar-refractivity contribution is -0.137. The maximum atomic E-state index is 12.7. The Labute approximate surface area is 122 Å². The lowest BCUT2D eigenvalue weighted by Crippen LogP contribution is -2.20. The van der Waals surface area contributed by atoms with E-state index >= 15 is 0 Å². The largest absolute Gasteiger partial charge is 0.416 e. The zero-order valence-electron chi connectivity index (χ0n) is 11.0. The third-order valence-corrected chi connectivity index (χ3v) is 6.08. The Hall–Kier alpha value is -1.61. The van der Waals surface area contributed by atoms with E-state index < -0.39 is 22.5 Å². The van der Waals surface area contributed by atoms with Crippen molar-refractivity contribution in [2.45, 2.75) is 35.9 Å². The zero-order valence-corrected chi connectivity index (χ0v) is 11.8. The zero-order chi connectivity index (χ0) is 15.2. The Morgan fingerprint density at radius 3 is 2.67 bits per heavy atom. The van der Waals surface area contributed by atoms with Crippen LogP contribution in [0.5, 0.6) is 0 Å². The van der Waals surface area contributed by atoms with Crippen LogP contribution < -0.4 is 0 Å². The Balaban J connectivity index is 2.03. The molecule has 0 spiro atoms. The Morgan fingerprint density at radius 1 is 1.29 bits per heavy atom. The smallest absolute Gasteiger partial charge is 0.259 e. The maximum Gasteiger partial charge on any atom is 0.416 e. The van der Waals surface area contributed by atoms with Crippen LogP contribution >= 0.6 is 0 Å². The van der Waals surface area contributed by atoms with Crippen LogP contribution in [0.15, 0.2) is 24.3 Å². The predicted octanol–water partition coefficient (Wildman–Crippen LogP) is 3.64. The Kier molecular flexibility index (Phi) is 3.40. The number of nitrogens with zero attached hydrogens (tertiary/aromatic N) is 1. The molecule has 2 bridgehead atoms. The first-order chi connectivity index (χ1) is 9.90. The fraction of sp³-hybridized carbons (Fsp3) is 0.400. The number of hydrogen-bond donors (Lipinski definition) is 0. The molecule has 3 atom stereocenters. The summed E-state index contributed by atoms with van der Waals surface area (Å²) in [6, 6.07) is 5.11. The number of halogens is 3. The summed E-state index contributed by atoms with van der Waals surface area (Å²) in [7, 11) is -0.879. The summed E-state index contributed by atoms with van der Waals surface area (Å²) in [5, 5.41) is 9.19. The van der Waals surface area contributed by atoms with Crippen molar-refractivity contribution in [1.29, 1.82) is 5.26 Å². The lowest BCUT2D eigenvalue weighted by Gasteiger charge is -2.20. The molecule has 0 aliphatic carbocycles. The Bertz CT molecular complexity index is 687. The van der Waals surface area contributed by atoms with Crippen molar-refractivity contribution in [2.75, 3.05) is 0 Å². The van der Waals surface area contributed by atoms with Gasteiger partial charge in [-0.15, -0.1) is 0 Å². The van der Waals surface area contributed by atoms with Crippen molar-refractivity contribution in [3.63, 3.8) is 0 Å². The summed E-state index contributed by atoms with van der Waals surface area (Å²) in [5.74, 6) is 0. The average molecular weight is 311 g/mol. The van der Waals surface area contributed by atoms with Crippen LogP contribution in [0.1, 0.15) is 36.0 Å². The second-order valence-electron chi connectivity index (χ2n) is 5.33. The van der Waals surface area contributed by atoms with Crippen LogP contribution in [-0.2, 0) is 17.0 Å². The van der Waals surface area contributed by atoms with E-state index in [-0.39, 0.29) is 16.1 Å². The van der Waals surface area contributed by atoms with E-state index in [9.17, 15) is 17.4 Å².